The summed E-state index contributed by atoms with van der Waals surface area (Å²) in [5.41, 5.74) is -4.96. The summed E-state index contributed by atoms with van der Waals surface area (Å²) in [7, 11) is -5.73. The first-order valence-electron chi connectivity index (χ1n) is 5.18. The van der Waals surface area contributed by atoms with Crippen LogP contribution in [0.1, 0.15) is 5.69 Å². The van der Waals surface area contributed by atoms with Gasteiger partial charge in [-0.05, 0) is 25.1 Å². The molecule has 1 heterocycles. The maximum atomic E-state index is 12.3. The van der Waals surface area contributed by atoms with Crippen molar-refractivity contribution < 1.29 is 25.8 Å². The summed E-state index contributed by atoms with van der Waals surface area (Å²) < 4.78 is 63.3. The summed E-state index contributed by atoms with van der Waals surface area (Å²) in [6.45, 7) is 1.49. The van der Waals surface area contributed by atoms with Crippen molar-refractivity contribution in [2.75, 3.05) is 0 Å². The Hall–Kier alpha value is -1.54. The van der Waals surface area contributed by atoms with Gasteiger partial charge in [0.25, 0.3) is 0 Å². The lowest BCUT2D eigenvalue weighted by molar-refractivity contribution is -0.0499. The van der Waals surface area contributed by atoms with Gasteiger partial charge in [0.15, 0.2) is 5.75 Å². The van der Waals surface area contributed by atoms with E-state index in [0.29, 0.717) is 10.7 Å². The Morgan fingerprint density at radius 1 is 1.25 bits per heavy atom. The lowest BCUT2D eigenvalue weighted by Gasteiger charge is -2.12. The zero-order valence-electron chi connectivity index (χ0n) is 9.90. The lowest BCUT2D eigenvalue weighted by Crippen LogP contribution is -2.28. The molecule has 0 radical (unpaired) electrons. The third-order valence-electron chi connectivity index (χ3n) is 2.34. The van der Waals surface area contributed by atoms with Crippen LogP contribution in [0.15, 0.2) is 24.3 Å². The third kappa shape index (κ3) is 2.80. The lowest BCUT2D eigenvalue weighted by atomic mass is 10.2. The van der Waals surface area contributed by atoms with Gasteiger partial charge in [0.05, 0.1) is 5.52 Å². The van der Waals surface area contributed by atoms with Gasteiger partial charge in [-0.3, -0.25) is 4.98 Å². The highest BCUT2D eigenvalue weighted by molar-refractivity contribution is 7.88. The molecule has 0 saturated carbocycles. The maximum absolute atomic E-state index is 12.3. The zero-order chi connectivity index (χ0) is 15.1. The molecule has 0 fully saturated rings. The topological polar surface area (TPSA) is 56.3 Å². The summed E-state index contributed by atoms with van der Waals surface area (Å²) in [4.78, 5) is 4.05. The summed E-state index contributed by atoms with van der Waals surface area (Å²) in [5.74, 6) is -0.443. The number of hydrogen-bond acceptors (Lipinski definition) is 4. The van der Waals surface area contributed by atoms with Crippen molar-refractivity contribution in [1.29, 1.82) is 0 Å². The Bertz CT molecular complexity index is 769. The fraction of sp³-hybridized carbons (Fsp3) is 0.182. The zero-order valence-corrected chi connectivity index (χ0v) is 11.5. The number of halogens is 4. The van der Waals surface area contributed by atoms with Crippen LogP contribution in [0.4, 0.5) is 13.2 Å². The molecule has 0 aliphatic carbocycles. The van der Waals surface area contributed by atoms with E-state index >= 15 is 0 Å². The number of pyridine rings is 1. The highest BCUT2D eigenvalue weighted by Crippen LogP contribution is 2.32. The molecule has 2 rings (SSSR count). The molecule has 1 aromatic carbocycles. The molecule has 0 aliphatic heterocycles. The molecule has 20 heavy (non-hydrogen) atoms. The van der Waals surface area contributed by atoms with Crippen molar-refractivity contribution in [1.82, 2.24) is 4.98 Å². The van der Waals surface area contributed by atoms with Gasteiger partial charge in [0.2, 0.25) is 0 Å². The smallest absolute Gasteiger partial charge is 0.375 e. The number of fused-ring (bicyclic) bond motifs is 1. The van der Waals surface area contributed by atoms with E-state index in [-0.39, 0.29) is 10.9 Å². The second-order valence-corrected chi connectivity index (χ2v) is 5.88. The number of alkyl halides is 3. The fourth-order valence-corrected chi connectivity index (χ4v) is 2.16. The van der Waals surface area contributed by atoms with Crippen molar-refractivity contribution in [2.24, 2.45) is 0 Å². The van der Waals surface area contributed by atoms with Crippen molar-refractivity contribution in [3.63, 3.8) is 0 Å². The average Bonchev–Trinajstić information content (AvgIpc) is 2.25. The quantitative estimate of drug-likeness (QED) is 0.627. The van der Waals surface area contributed by atoms with Gasteiger partial charge in [-0.15, -0.1) is 0 Å². The average molecular weight is 326 g/mol. The normalized spacial score (nSPS) is 12.7. The summed E-state index contributed by atoms with van der Waals surface area (Å²) in [6, 6.07) is 5.25. The summed E-state index contributed by atoms with van der Waals surface area (Å²) in [5, 5.41) is 0.438. The van der Waals surface area contributed by atoms with E-state index in [9.17, 15) is 21.6 Å². The van der Waals surface area contributed by atoms with Crippen molar-refractivity contribution in [2.45, 2.75) is 12.4 Å². The van der Waals surface area contributed by atoms with Crippen LogP contribution in [-0.4, -0.2) is 18.9 Å². The molecule has 0 unspecified atom stereocenters. The van der Waals surface area contributed by atoms with E-state index in [1.807, 2.05) is 0 Å². The summed E-state index contributed by atoms with van der Waals surface area (Å²) in [6.07, 6.45) is 0. The molecule has 9 heteroatoms. The molecule has 0 aliphatic rings. The molecule has 4 nitrogen and oxygen atoms in total. The van der Waals surface area contributed by atoms with Crippen LogP contribution in [-0.2, 0) is 10.1 Å². The summed E-state index contributed by atoms with van der Waals surface area (Å²) >= 11 is 5.75. The number of hydrogen-bond donors (Lipinski definition) is 0. The Balaban J connectivity index is 2.61. The Morgan fingerprint density at radius 3 is 2.50 bits per heavy atom. The monoisotopic (exact) mass is 325 g/mol. The van der Waals surface area contributed by atoms with Crippen LogP contribution in [0.25, 0.3) is 10.9 Å². The Kier molecular flexibility index (Phi) is 3.55. The molecular formula is C11H7ClF3NO3S. The molecular weight excluding hydrogens is 319 g/mol. The highest BCUT2D eigenvalue weighted by Gasteiger charge is 2.48. The third-order valence-corrected chi connectivity index (χ3v) is 3.55. The minimum Gasteiger partial charge on any atom is -0.375 e. The van der Waals surface area contributed by atoms with Crippen LogP contribution in [0.3, 0.4) is 0 Å². The number of rotatable bonds is 2. The first kappa shape index (κ1) is 14.9. The van der Waals surface area contributed by atoms with Crippen LogP contribution < -0.4 is 4.18 Å². The molecule has 1 aromatic heterocycles. The minimum absolute atomic E-state index is 0.118. The van der Waals surface area contributed by atoms with Gasteiger partial charge in [-0.2, -0.15) is 21.6 Å². The molecule has 0 N–H and O–H groups in total. The van der Waals surface area contributed by atoms with Gasteiger partial charge in [-0.25, -0.2) is 0 Å². The molecule has 108 valence electrons. The van der Waals surface area contributed by atoms with Gasteiger partial charge >= 0.3 is 15.6 Å². The molecule has 0 spiro atoms. The predicted octanol–water partition coefficient (Wildman–Crippen LogP) is 3.43. The second kappa shape index (κ2) is 4.78. The van der Waals surface area contributed by atoms with Crippen LogP contribution in [0, 0.1) is 6.92 Å². The molecule has 0 saturated heterocycles. The van der Waals surface area contributed by atoms with Crippen molar-refractivity contribution in [3.8, 4) is 5.75 Å². The molecule has 0 amide bonds. The van der Waals surface area contributed by atoms with E-state index in [2.05, 4.69) is 9.17 Å². The number of aryl methyl sites for hydroxylation is 1. The van der Waals surface area contributed by atoms with Crippen molar-refractivity contribution in [3.05, 3.63) is 35.0 Å². The Labute approximate surface area is 117 Å². The minimum atomic E-state index is -5.73. The molecule has 2 aromatic rings. The maximum Gasteiger partial charge on any atom is 0.534 e. The van der Waals surface area contributed by atoms with E-state index in [1.165, 1.54) is 25.1 Å². The van der Waals surface area contributed by atoms with Gasteiger partial charge in [0.1, 0.15) is 0 Å². The van der Waals surface area contributed by atoms with Crippen molar-refractivity contribution >= 4 is 32.6 Å². The van der Waals surface area contributed by atoms with Crippen LogP contribution in [0.5, 0.6) is 5.75 Å². The molecule has 0 bridgehead atoms. The fourth-order valence-electron chi connectivity index (χ4n) is 1.53. The molecule has 0 atom stereocenters. The standard InChI is InChI=1S/C11H7ClF3NO3S/c1-6-4-10(19-20(17,18)11(13,14)15)8-3-2-7(12)5-9(8)16-6/h2-5H,1H3. The van der Waals surface area contributed by atoms with Gasteiger partial charge in [0, 0.05) is 22.2 Å². The first-order chi connectivity index (χ1) is 9.10. The first-order valence-corrected chi connectivity index (χ1v) is 6.96. The van der Waals surface area contributed by atoms with Crippen LogP contribution >= 0.6 is 11.6 Å². The van der Waals surface area contributed by atoms with E-state index < -0.39 is 21.4 Å². The largest absolute Gasteiger partial charge is 0.534 e. The number of benzene rings is 1. The van der Waals surface area contributed by atoms with E-state index in [4.69, 9.17) is 11.6 Å². The van der Waals surface area contributed by atoms with E-state index in [1.54, 1.807) is 0 Å². The van der Waals surface area contributed by atoms with E-state index in [0.717, 1.165) is 6.07 Å². The second-order valence-electron chi connectivity index (χ2n) is 3.91. The van der Waals surface area contributed by atoms with Gasteiger partial charge < -0.3 is 4.18 Å². The highest BCUT2D eigenvalue weighted by atomic mass is 35.5. The predicted molar refractivity (Wildman–Crippen MR) is 67.1 cm³/mol. The Morgan fingerprint density at radius 2 is 1.90 bits per heavy atom. The number of aromatic nitrogens is 1. The number of nitrogens with zero attached hydrogens (tertiary/aromatic N) is 1. The van der Waals surface area contributed by atoms with Gasteiger partial charge in [-0.1, -0.05) is 11.6 Å². The SMILES string of the molecule is Cc1cc(OS(=O)(=O)C(F)(F)F)c2ccc(Cl)cc2n1. The van der Waals surface area contributed by atoms with Crippen LogP contribution in [0.2, 0.25) is 5.02 Å².